The van der Waals surface area contributed by atoms with Crippen LogP contribution in [0.25, 0.3) is 0 Å². The number of ketones is 1. The average Bonchev–Trinajstić information content (AvgIpc) is 2.90. The number of hydrogen-bond acceptors (Lipinski definition) is 4. The molecular weight excluding hydrogens is 348 g/mol. The van der Waals surface area contributed by atoms with Crippen molar-refractivity contribution in [1.29, 1.82) is 0 Å². The molecule has 5 heteroatoms. The molecule has 0 fully saturated rings. The van der Waals surface area contributed by atoms with Gasteiger partial charge >= 0.3 is 5.97 Å². The van der Waals surface area contributed by atoms with E-state index in [4.69, 9.17) is 9.15 Å². The molecule has 0 saturated carbocycles. The number of carbonyl (C=O) groups excluding carboxylic acids is 2. The lowest BCUT2D eigenvalue weighted by atomic mass is 9.86. The van der Waals surface area contributed by atoms with Gasteiger partial charge < -0.3 is 9.15 Å². The quantitative estimate of drug-likeness (QED) is 0.596. The lowest BCUT2D eigenvalue weighted by molar-refractivity contribution is 0.0442. The number of carbonyl (C=O) groups is 2. The number of benzene rings is 1. The van der Waals surface area contributed by atoms with E-state index in [1.54, 1.807) is 18.2 Å². The lowest BCUT2D eigenvalue weighted by Gasteiger charge is -2.18. The first-order chi connectivity index (χ1) is 10.3. The summed E-state index contributed by atoms with van der Waals surface area (Å²) >= 11 is 3.10. The van der Waals surface area contributed by atoms with Gasteiger partial charge in [0, 0.05) is 5.56 Å². The van der Waals surface area contributed by atoms with Crippen LogP contribution in [0.3, 0.4) is 0 Å². The molecule has 22 heavy (non-hydrogen) atoms. The van der Waals surface area contributed by atoms with Crippen molar-refractivity contribution in [3.05, 3.63) is 58.0 Å². The Hall–Kier alpha value is -1.88. The Kier molecular flexibility index (Phi) is 4.86. The summed E-state index contributed by atoms with van der Waals surface area (Å²) in [5.41, 5.74) is 1.68. The molecule has 0 aliphatic heterocycles. The van der Waals surface area contributed by atoms with Gasteiger partial charge in [-0.15, -0.1) is 0 Å². The van der Waals surface area contributed by atoms with Crippen LogP contribution in [0.4, 0.5) is 0 Å². The molecule has 0 aliphatic carbocycles. The molecule has 0 bridgehead atoms. The van der Waals surface area contributed by atoms with Crippen LogP contribution >= 0.6 is 15.9 Å². The van der Waals surface area contributed by atoms with E-state index < -0.39 is 5.97 Å². The van der Waals surface area contributed by atoms with Crippen molar-refractivity contribution in [2.45, 2.75) is 26.2 Å². The highest BCUT2D eigenvalue weighted by atomic mass is 79.9. The normalized spacial score (nSPS) is 11.3. The van der Waals surface area contributed by atoms with Crippen molar-refractivity contribution in [1.82, 2.24) is 0 Å². The molecular formula is C17H17BrO4. The van der Waals surface area contributed by atoms with Gasteiger partial charge in [0.2, 0.25) is 5.76 Å². The number of furan rings is 1. The van der Waals surface area contributed by atoms with E-state index in [-0.39, 0.29) is 23.6 Å². The van der Waals surface area contributed by atoms with Crippen LogP contribution < -0.4 is 0 Å². The fourth-order valence-corrected chi connectivity index (χ4v) is 2.17. The van der Waals surface area contributed by atoms with Crippen LogP contribution in [-0.4, -0.2) is 18.4 Å². The Balaban J connectivity index is 1.96. The molecule has 0 saturated heterocycles. The molecule has 116 valence electrons. The Morgan fingerprint density at radius 3 is 2.23 bits per heavy atom. The largest absolute Gasteiger partial charge is 0.451 e. The number of ether oxygens (including phenoxy) is 1. The van der Waals surface area contributed by atoms with E-state index in [0.717, 1.165) is 5.56 Å². The van der Waals surface area contributed by atoms with Crippen molar-refractivity contribution in [3.8, 4) is 0 Å². The van der Waals surface area contributed by atoms with Crippen molar-refractivity contribution in [2.24, 2.45) is 0 Å². The molecule has 0 spiro atoms. The van der Waals surface area contributed by atoms with E-state index >= 15 is 0 Å². The molecule has 0 atom stereocenters. The summed E-state index contributed by atoms with van der Waals surface area (Å²) in [6.45, 7) is 6.00. The minimum atomic E-state index is -0.662. The van der Waals surface area contributed by atoms with Crippen LogP contribution in [-0.2, 0) is 10.2 Å². The highest BCUT2D eigenvalue weighted by Crippen LogP contribution is 2.22. The zero-order valence-electron chi connectivity index (χ0n) is 12.7. The second-order valence-electron chi connectivity index (χ2n) is 5.93. The summed E-state index contributed by atoms with van der Waals surface area (Å²) in [4.78, 5) is 23.7. The van der Waals surface area contributed by atoms with Crippen molar-refractivity contribution < 1.29 is 18.7 Å². The molecule has 2 aromatic rings. The second kappa shape index (κ2) is 6.48. The van der Waals surface area contributed by atoms with Crippen LogP contribution in [0.15, 0.2) is 45.5 Å². The monoisotopic (exact) mass is 364 g/mol. The summed E-state index contributed by atoms with van der Waals surface area (Å²) in [5, 5.41) is 0. The first-order valence-electron chi connectivity index (χ1n) is 6.83. The van der Waals surface area contributed by atoms with Crippen molar-refractivity contribution >= 4 is 27.7 Å². The predicted molar refractivity (Wildman–Crippen MR) is 86.2 cm³/mol. The van der Waals surface area contributed by atoms with Crippen LogP contribution in [0.2, 0.25) is 0 Å². The third-order valence-corrected chi connectivity index (χ3v) is 3.61. The fourth-order valence-electron chi connectivity index (χ4n) is 1.87. The molecule has 0 unspecified atom stereocenters. The molecule has 1 aromatic carbocycles. The summed E-state index contributed by atoms with van der Waals surface area (Å²) in [7, 11) is 0. The zero-order valence-corrected chi connectivity index (χ0v) is 14.3. The number of Topliss-reactive ketones (excluding diaryl/α,β-unsaturated/α-hetero) is 1. The first-order valence-corrected chi connectivity index (χ1v) is 7.63. The van der Waals surface area contributed by atoms with E-state index in [9.17, 15) is 9.59 Å². The van der Waals surface area contributed by atoms with Crippen LogP contribution in [0, 0.1) is 0 Å². The zero-order chi connectivity index (χ0) is 16.3. The fraction of sp³-hybridized carbons (Fsp3) is 0.294. The Bertz CT molecular complexity index is 677. The lowest BCUT2D eigenvalue weighted by Crippen LogP contribution is -2.15. The smallest absolute Gasteiger partial charge is 0.374 e. The van der Waals surface area contributed by atoms with E-state index in [1.807, 2.05) is 12.1 Å². The summed E-state index contributed by atoms with van der Waals surface area (Å²) in [6, 6.07) is 10.4. The van der Waals surface area contributed by atoms with E-state index in [2.05, 4.69) is 36.7 Å². The topological polar surface area (TPSA) is 56.5 Å². The van der Waals surface area contributed by atoms with Gasteiger partial charge in [0.1, 0.15) is 0 Å². The molecule has 0 N–H and O–H groups in total. The molecule has 0 aliphatic rings. The third-order valence-electron chi connectivity index (χ3n) is 3.18. The van der Waals surface area contributed by atoms with Gasteiger partial charge in [0.25, 0.3) is 0 Å². The number of rotatable bonds is 4. The van der Waals surface area contributed by atoms with E-state index in [1.165, 1.54) is 6.07 Å². The highest BCUT2D eigenvalue weighted by Gasteiger charge is 2.17. The maximum atomic E-state index is 12.0. The number of esters is 1. The number of hydrogen-bond donors (Lipinski definition) is 0. The standard InChI is InChI=1S/C17H17BrO4/c1-17(2,3)12-6-4-11(5-7-12)13(19)10-21-16(20)14-8-9-15(18)22-14/h4-9H,10H2,1-3H3. The van der Waals surface area contributed by atoms with Gasteiger partial charge in [-0.1, -0.05) is 45.0 Å². The highest BCUT2D eigenvalue weighted by molar-refractivity contribution is 9.10. The van der Waals surface area contributed by atoms with Crippen LogP contribution in [0.1, 0.15) is 47.2 Å². The summed E-state index contributed by atoms with van der Waals surface area (Å²) in [5.74, 6) is -0.854. The van der Waals surface area contributed by atoms with Crippen LogP contribution in [0.5, 0.6) is 0 Å². The minimum Gasteiger partial charge on any atom is -0.451 e. The molecule has 0 radical (unpaired) electrons. The molecule has 1 aromatic heterocycles. The summed E-state index contributed by atoms with van der Waals surface area (Å²) in [6.07, 6.45) is 0. The maximum absolute atomic E-state index is 12.0. The Labute approximate surface area is 137 Å². The van der Waals surface area contributed by atoms with Gasteiger partial charge in [-0.2, -0.15) is 0 Å². The first kappa shape index (κ1) is 16.5. The van der Waals surface area contributed by atoms with E-state index in [0.29, 0.717) is 10.2 Å². The van der Waals surface area contributed by atoms with Crippen molar-refractivity contribution in [2.75, 3.05) is 6.61 Å². The molecule has 0 amide bonds. The van der Waals surface area contributed by atoms with Gasteiger partial charge in [0.05, 0.1) is 0 Å². The molecule has 1 heterocycles. The molecule has 4 nitrogen and oxygen atoms in total. The third kappa shape index (κ3) is 4.07. The van der Waals surface area contributed by atoms with Gasteiger partial charge in [-0.3, -0.25) is 4.79 Å². The number of halogens is 1. The average molecular weight is 365 g/mol. The predicted octanol–water partition coefficient (Wildman–Crippen LogP) is 4.38. The van der Waals surface area contributed by atoms with Gasteiger partial charge in [0.15, 0.2) is 17.1 Å². The summed E-state index contributed by atoms with van der Waals surface area (Å²) < 4.78 is 10.5. The van der Waals surface area contributed by atoms with Gasteiger partial charge in [-0.25, -0.2) is 4.79 Å². The Morgan fingerprint density at radius 1 is 1.09 bits per heavy atom. The Morgan fingerprint density at radius 2 is 1.73 bits per heavy atom. The van der Waals surface area contributed by atoms with Gasteiger partial charge in [-0.05, 0) is 39.0 Å². The second-order valence-corrected chi connectivity index (χ2v) is 6.71. The minimum absolute atomic E-state index is 0.0285. The molecule has 2 rings (SSSR count). The van der Waals surface area contributed by atoms with Crippen molar-refractivity contribution in [3.63, 3.8) is 0 Å². The SMILES string of the molecule is CC(C)(C)c1ccc(C(=O)COC(=O)c2ccc(Br)o2)cc1. The maximum Gasteiger partial charge on any atom is 0.374 e.